The Morgan fingerprint density at radius 3 is 2.92 bits per heavy atom. The van der Waals surface area contributed by atoms with Crippen LogP contribution in [0.25, 0.3) is 22.5 Å². The fourth-order valence-corrected chi connectivity index (χ4v) is 3.08. The number of aromatic nitrogens is 2. The van der Waals surface area contributed by atoms with E-state index in [9.17, 15) is 0 Å². The molecule has 2 aromatic carbocycles. The minimum atomic E-state index is 0.192. The summed E-state index contributed by atoms with van der Waals surface area (Å²) >= 11 is 0. The van der Waals surface area contributed by atoms with Crippen LogP contribution < -0.4 is 10.5 Å². The summed E-state index contributed by atoms with van der Waals surface area (Å²) in [4.78, 5) is 0. The van der Waals surface area contributed by atoms with E-state index < -0.39 is 0 Å². The fourth-order valence-electron chi connectivity index (χ4n) is 3.08. The van der Waals surface area contributed by atoms with E-state index in [0.29, 0.717) is 6.61 Å². The molecular weight excluding hydrogens is 314 g/mol. The molecular formula is C20H21N3O2. The standard InChI is InChI=1S/C20H21N3O2/c21-15-6-3-5-14(11-15)18-12-19(23-22-18)17-8-1-2-9-20(17)25-13-16-7-4-10-24-16/h1-3,5-6,8-9,11-12,16H,4,7,10,13,21H2,(H,22,23). The second-order valence-electron chi connectivity index (χ2n) is 6.23. The van der Waals surface area contributed by atoms with Crippen molar-refractivity contribution in [2.75, 3.05) is 18.9 Å². The zero-order chi connectivity index (χ0) is 17.1. The number of aromatic amines is 1. The SMILES string of the molecule is Nc1cccc(-c2cc(-c3ccccc3OCC3CCCO3)[nH]n2)c1. The molecule has 0 radical (unpaired) electrons. The van der Waals surface area contributed by atoms with Crippen LogP contribution in [0.15, 0.2) is 54.6 Å². The molecule has 0 bridgehead atoms. The number of hydrogen-bond donors (Lipinski definition) is 2. The van der Waals surface area contributed by atoms with Crippen LogP contribution in [0.2, 0.25) is 0 Å². The summed E-state index contributed by atoms with van der Waals surface area (Å²) in [5, 5.41) is 7.53. The molecule has 0 aliphatic carbocycles. The number of nitrogens with two attached hydrogens (primary N) is 1. The first kappa shape index (κ1) is 15.7. The number of nitrogens with one attached hydrogen (secondary N) is 1. The van der Waals surface area contributed by atoms with Crippen molar-refractivity contribution in [1.82, 2.24) is 10.2 Å². The van der Waals surface area contributed by atoms with Crippen LogP contribution in [0, 0.1) is 0 Å². The molecule has 25 heavy (non-hydrogen) atoms. The number of H-pyrrole nitrogens is 1. The zero-order valence-corrected chi connectivity index (χ0v) is 13.9. The lowest BCUT2D eigenvalue weighted by Gasteiger charge is -2.13. The molecule has 0 spiro atoms. The van der Waals surface area contributed by atoms with Gasteiger partial charge in [-0.3, -0.25) is 5.10 Å². The lowest BCUT2D eigenvalue weighted by Crippen LogP contribution is -2.16. The molecule has 0 saturated carbocycles. The monoisotopic (exact) mass is 335 g/mol. The number of para-hydroxylation sites is 1. The Labute approximate surface area is 146 Å². The normalized spacial score (nSPS) is 16.9. The van der Waals surface area contributed by atoms with Gasteiger partial charge in [-0.1, -0.05) is 24.3 Å². The second-order valence-corrected chi connectivity index (χ2v) is 6.23. The van der Waals surface area contributed by atoms with Gasteiger partial charge < -0.3 is 15.2 Å². The van der Waals surface area contributed by atoms with Crippen molar-refractivity contribution in [2.45, 2.75) is 18.9 Å². The number of ether oxygens (including phenoxy) is 2. The molecule has 128 valence electrons. The third-order valence-electron chi connectivity index (χ3n) is 4.39. The largest absolute Gasteiger partial charge is 0.490 e. The molecule has 4 rings (SSSR count). The van der Waals surface area contributed by atoms with Crippen molar-refractivity contribution < 1.29 is 9.47 Å². The molecule has 1 fully saturated rings. The maximum absolute atomic E-state index is 6.02. The van der Waals surface area contributed by atoms with Crippen LogP contribution in [-0.2, 0) is 4.74 Å². The third kappa shape index (κ3) is 3.51. The predicted octanol–water partition coefficient (Wildman–Crippen LogP) is 3.88. The van der Waals surface area contributed by atoms with E-state index in [1.54, 1.807) is 0 Å². The van der Waals surface area contributed by atoms with Crippen molar-refractivity contribution in [3.63, 3.8) is 0 Å². The van der Waals surface area contributed by atoms with Crippen LogP contribution in [0.5, 0.6) is 5.75 Å². The minimum Gasteiger partial charge on any atom is -0.490 e. The summed E-state index contributed by atoms with van der Waals surface area (Å²) in [6, 6.07) is 17.7. The van der Waals surface area contributed by atoms with Gasteiger partial charge in [-0.2, -0.15) is 5.10 Å². The van der Waals surface area contributed by atoms with Crippen molar-refractivity contribution in [1.29, 1.82) is 0 Å². The van der Waals surface area contributed by atoms with Crippen molar-refractivity contribution in [3.8, 4) is 28.3 Å². The number of nitrogen functional groups attached to an aromatic ring is 1. The van der Waals surface area contributed by atoms with E-state index in [1.807, 2.05) is 54.6 Å². The fraction of sp³-hybridized carbons (Fsp3) is 0.250. The molecule has 1 atom stereocenters. The van der Waals surface area contributed by atoms with Gasteiger partial charge in [0.05, 0.1) is 17.5 Å². The Morgan fingerprint density at radius 1 is 1.16 bits per heavy atom. The minimum absolute atomic E-state index is 0.192. The predicted molar refractivity (Wildman–Crippen MR) is 98.3 cm³/mol. The van der Waals surface area contributed by atoms with E-state index in [-0.39, 0.29) is 6.10 Å². The van der Waals surface area contributed by atoms with Crippen LogP contribution in [0.3, 0.4) is 0 Å². The van der Waals surface area contributed by atoms with E-state index in [0.717, 1.165) is 53.4 Å². The smallest absolute Gasteiger partial charge is 0.128 e. The first-order valence-electron chi connectivity index (χ1n) is 8.55. The summed E-state index contributed by atoms with van der Waals surface area (Å²) in [7, 11) is 0. The van der Waals surface area contributed by atoms with Crippen molar-refractivity contribution in [2.24, 2.45) is 0 Å². The molecule has 0 amide bonds. The second kappa shape index (κ2) is 6.99. The molecule has 5 heteroatoms. The molecule has 1 aliphatic rings. The molecule has 5 nitrogen and oxygen atoms in total. The summed E-state index contributed by atoms with van der Waals surface area (Å²) < 4.78 is 11.7. The van der Waals surface area contributed by atoms with E-state index in [2.05, 4.69) is 10.2 Å². The molecule has 1 aliphatic heterocycles. The van der Waals surface area contributed by atoms with Gasteiger partial charge in [-0.05, 0) is 43.2 Å². The molecule has 3 aromatic rings. The van der Waals surface area contributed by atoms with Crippen molar-refractivity contribution >= 4 is 5.69 Å². The average Bonchev–Trinajstić information content (AvgIpc) is 3.32. The Bertz CT molecular complexity index is 853. The lowest BCUT2D eigenvalue weighted by molar-refractivity contribution is 0.0681. The Balaban J connectivity index is 1.57. The van der Waals surface area contributed by atoms with Gasteiger partial charge in [-0.25, -0.2) is 0 Å². The molecule has 1 saturated heterocycles. The number of nitrogens with zero attached hydrogens (tertiary/aromatic N) is 1. The maximum atomic E-state index is 6.02. The van der Waals surface area contributed by atoms with Crippen LogP contribution in [-0.4, -0.2) is 29.5 Å². The number of benzene rings is 2. The van der Waals surface area contributed by atoms with Crippen LogP contribution in [0.4, 0.5) is 5.69 Å². The van der Waals surface area contributed by atoms with Crippen LogP contribution in [0.1, 0.15) is 12.8 Å². The van der Waals surface area contributed by atoms with E-state index >= 15 is 0 Å². The molecule has 1 unspecified atom stereocenters. The topological polar surface area (TPSA) is 73.2 Å². The Hall–Kier alpha value is -2.79. The Morgan fingerprint density at radius 2 is 2.08 bits per heavy atom. The lowest BCUT2D eigenvalue weighted by atomic mass is 10.1. The number of rotatable bonds is 5. The molecule has 1 aromatic heterocycles. The van der Waals surface area contributed by atoms with E-state index in [4.69, 9.17) is 15.2 Å². The van der Waals surface area contributed by atoms with E-state index in [1.165, 1.54) is 0 Å². The summed E-state index contributed by atoms with van der Waals surface area (Å²) in [6.07, 6.45) is 2.36. The highest BCUT2D eigenvalue weighted by molar-refractivity contribution is 5.73. The Kier molecular flexibility index (Phi) is 4.39. The van der Waals surface area contributed by atoms with Gasteiger partial charge in [0.1, 0.15) is 12.4 Å². The highest BCUT2D eigenvalue weighted by Crippen LogP contribution is 2.31. The quantitative estimate of drug-likeness (QED) is 0.694. The van der Waals surface area contributed by atoms with Gasteiger partial charge >= 0.3 is 0 Å². The van der Waals surface area contributed by atoms with Gasteiger partial charge in [0, 0.05) is 23.4 Å². The summed E-state index contributed by atoms with van der Waals surface area (Å²) in [6.45, 7) is 1.41. The first-order valence-corrected chi connectivity index (χ1v) is 8.55. The highest BCUT2D eigenvalue weighted by Gasteiger charge is 2.17. The number of hydrogen-bond acceptors (Lipinski definition) is 4. The summed E-state index contributed by atoms with van der Waals surface area (Å²) in [5.74, 6) is 0.834. The maximum Gasteiger partial charge on any atom is 0.128 e. The summed E-state index contributed by atoms with van der Waals surface area (Å²) in [5.41, 5.74) is 10.3. The van der Waals surface area contributed by atoms with Gasteiger partial charge in [0.15, 0.2) is 0 Å². The van der Waals surface area contributed by atoms with Crippen LogP contribution >= 0.6 is 0 Å². The first-order chi connectivity index (χ1) is 12.3. The van der Waals surface area contributed by atoms with Crippen molar-refractivity contribution in [3.05, 3.63) is 54.6 Å². The third-order valence-corrected chi connectivity index (χ3v) is 4.39. The zero-order valence-electron chi connectivity index (χ0n) is 13.9. The van der Waals surface area contributed by atoms with Gasteiger partial charge in [0.25, 0.3) is 0 Å². The highest BCUT2D eigenvalue weighted by atomic mass is 16.5. The van der Waals surface area contributed by atoms with Gasteiger partial charge in [-0.15, -0.1) is 0 Å². The molecule has 2 heterocycles. The van der Waals surface area contributed by atoms with Gasteiger partial charge in [0.2, 0.25) is 0 Å². The molecule has 3 N–H and O–H groups in total. The average molecular weight is 335 g/mol. The number of anilines is 1.